The number of carbonyl (C=O) groups is 1. The summed E-state index contributed by atoms with van der Waals surface area (Å²) in [5, 5.41) is 18.7. The third kappa shape index (κ3) is 3.22. The van der Waals surface area contributed by atoms with Crippen molar-refractivity contribution >= 4 is 11.6 Å². The molecule has 26 heavy (non-hydrogen) atoms. The number of anilines is 1. The van der Waals surface area contributed by atoms with Gasteiger partial charge in [-0.05, 0) is 35.4 Å². The lowest BCUT2D eigenvalue weighted by molar-refractivity contribution is 0.101. The predicted molar refractivity (Wildman–Crippen MR) is 94.7 cm³/mol. The number of hydrogen-bond donors (Lipinski definition) is 1. The van der Waals surface area contributed by atoms with E-state index in [1.807, 2.05) is 49.7 Å². The third-order valence-corrected chi connectivity index (χ3v) is 4.25. The fourth-order valence-corrected chi connectivity index (χ4v) is 2.62. The lowest BCUT2D eigenvalue weighted by Gasteiger charge is -2.12. The van der Waals surface area contributed by atoms with Crippen LogP contribution in [0.2, 0.25) is 0 Å². The summed E-state index contributed by atoms with van der Waals surface area (Å²) < 4.78 is 7.12. The van der Waals surface area contributed by atoms with Crippen molar-refractivity contribution in [1.29, 1.82) is 0 Å². The molecule has 8 heteroatoms. The molecule has 1 fully saturated rings. The second-order valence-corrected chi connectivity index (χ2v) is 7.54. The highest BCUT2D eigenvalue weighted by molar-refractivity contribution is 6.03. The second-order valence-electron chi connectivity index (χ2n) is 7.54. The van der Waals surface area contributed by atoms with Gasteiger partial charge in [-0.15, -0.1) is 5.10 Å². The molecular formula is C18H20N6O2. The van der Waals surface area contributed by atoms with Crippen molar-refractivity contribution in [2.45, 2.75) is 45.1 Å². The smallest absolute Gasteiger partial charge is 0.277 e. The first-order valence-electron chi connectivity index (χ1n) is 8.59. The number of aromatic nitrogens is 5. The molecule has 2 aromatic heterocycles. The summed E-state index contributed by atoms with van der Waals surface area (Å²) in [6.45, 7) is 6.01. The Kier molecular flexibility index (Phi) is 3.82. The van der Waals surface area contributed by atoms with Gasteiger partial charge in [0.05, 0.1) is 6.04 Å². The quantitative estimate of drug-likeness (QED) is 0.774. The Labute approximate surface area is 150 Å². The highest BCUT2D eigenvalue weighted by atomic mass is 16.5. The van der Waals surface area contributed by atoms with Crippen LogP contribution in [0.5, 0.6) is 0 Å². The van der Waals surface area contributed by atoms with E-state index in [-0.39, 0.29) is 17.0 Å². The van der Waals surface area contributed by atoms with Crippen molar-refractivity contribution in [3.63, 3.8) is 0 Å². The van der Waals surface area contributed by atoms with Crippen LogP contribution >= 0.6 is 0 Å². The van der Waals surface area contributed by atoms with Crippen molar-refractivity contribution in [2.75, 3.05) is 5.32 Å². The molecule has 1 amide bonds. The van der Waals surface area contributed by atoms with Crippen molar-refractivity contribution in [1.82, 2.24) is 25.4 Å². The SMILES string of the molecule is CC(C)(C)c1cc(C(=O)Nc2cccc(-c3nnnn3C3CC3)c2)no1. The van der Waals surface area contributed by atoms with E-state index < -0.39 is 0 Å². The van der Waals surface area contributed by atoms with Crippen molar-refractivity contribution < 1.29 is 9.32 Å². The van der Waals surface area contributed by atoms with Gasteiger partial charge < -0.3 is 9.84 Å². The van der Waals surface area contributed by atoms with Gasteiger partial charge in [-0.2, -0.15) is 0 Å². The first kappa shape index (κ1) is 16.4. The number of nitrogens with one attached hydrogen (secondary N) is 1. The Morgan fingerprint density at radius 1 is 1.27 bits per heavy atom. The largest absolute Gasteiger partial charge is 0.360 e. The summed E-state index contributed by atoms with van der Waals surface area (Å²) in [5.74, 6) is 1.06. The van der Waals surface area contributed by atoms with Crippen molar-refractivity contribution in [2.24, 2.45) is 0 Å². The number of nitrogens with zero attached hydrogens (tertiary/aromatic N) is 5. The minimum Gasteiger partial charge on any atom is -0.360 e. The van der Waals surface area contributed by atoms with Crippen LogP contribution in [0.3, 0.4) is 0 Å². The molecule has 2 heterocycles. The average Bonchev–Trinajstić information content (AvgIpc) is 3.12. The Bertz CT molecular complexity index is 948. The molecule has 1 aliphatic carbocycles. The Balaban J connectivity index is 1.54. The summed E-state index contributed by atoms with van der Waals surface area (Å²) in [6.07, 6.45) is 2.19. The molecule has 134 valence electrons. The van der Waals surface area contributed by atoms with Gasteiger partial charge in [0.25, 0.3) is 5.91 Å². The predicted octanol–water partition coefficient (Wildman–Crippen LogP) is 3.21. The van der Waals surface area contributed by atoms with E-state index in [1.54, 1.807) is 6.07 Å². The summed E-state index contributed by atoms with van der Waals surface area (Å²) in [6, 6.07) is 9.51. The number of hydrogen-bond acceptors (Lipinski definition) is 6. The first-order valence-corrected chi connectivity index (χ1v) is 8.59. The maximum atomic E-state index is 12.5. The van der Waals surface area contributed by atoms with Crippen LogP contribution in [0.25, 0.3) is 11.4 Å². The van der Waals surface area contributed by atoms with E-state index >= 15 is 0 Å². The standard InChI is InChI=1S/C18H20N6O2/c1-18(2,3)15-10-14(21-26-15)17(25)19-12-6-4-5-11(9-12)16-20-22-23-24(16)13-7-8-13/h4-6,9-10,13H,7-8H2,1-3H3,(H,19,25). The van der Waals surface area contributed by atoms with E-state index in [2.05, 4.69) is 26.0 Å². The van der Waals surface area contributed by atoms with E-state index in [9.17, 15) is 4.79 Å². The normalized spacial score (nSPS) is 14.4. The summed E-state index contributed by atoms with van der Waals surface area (Å²) in [5.41, 5.74) is 1.56. The number of tetrazole rings is 1. The van der Waals surface area contributed by atoms with E-state index in [4.69, 9.17) is 4.52 Å². The van der Waals surface area contributed by atoms with Crippen LogP contribution in [0.15, 0.2) is 34.9 Å². The molecule has 0 bridgehead atoms. The van der Waals surface area contributed by atoms with Crippen LogP contribution in [0.1, 0.15) is 55.9 Å². The zero-order chi connectivity index (χ0) is 18.3. The molecule has 0 aliphatic heterocycles. The molecule has 0 radical (unpaired) electrons. The molecule has 0 atom stereocenters. The van der Waals surface area contributed by atoms with Crippen LogP contribution in [-0.4, -0.2) is 31.3 Å². The maximum absolute atomic E-state index is 12.5. The molecular weight excluding hydrogens is 332 g/mol. The fraction of sp³-hybridized carbons (Fsp3) is 0.389. The van der Waals surface area contributed by atoms with Gasteiger partial charge in [-0.1, -0.05) is 38.1 Å². The summed E-state index contributed by atoms with van der Waals surface area (Å²) in [4.78, 5) is 12.5. The zero-order valence-corrected chi connectivity index (χ0v) is 14.9. The van der Waals surface area contributed by atoms with Crippen LogP contribution in [0.4, 0.5) is 5.69 Å². The molecule has 4 rings (SSSR count). The Morgan fingerprint density at radius 3 is 2.77 bits per heavy atom. The Hall–Kier alpha value is -3.03. The molecule has 0 spiro atoms. The summed E-state index contributed by atoms with van der Waals surface area (Å²) in [7, 11) is 0. The van der Waals surface area contributed by atoms with Crippen LogP contribution < -0.4 is 5.32 Å². The topological polar surface area (TPSA) is 98.7 Å². The average molecular weight is 352 g/mol. The molecule has 1 aliphatic rings. The van der Waals surface area contributed by atoms with E-state index in [0.717, 1.165) is 18.4 Å². The minimum atomic E-state index is -0.316. The van der Waals surface area contributed by atoms with Crippen molar-refractivity contribution in [3.8, 4) is 11.4 Å². The molecule has 3 aromatic rings. The minimum absolute atomic E-state index is 0.203. The number of carbonyl (C=O) groups excluding carboxylic acids is 1. The molecule has 1 N–H and O–H groups in total. The number of rotatable bonds is 4. The van der Waals surface area contributed by atoms with E-state index in [1.165, 1.54) is 0 Å². The molecule has 1 saturated carbocycles. The van der Waals surface area contributed by atoms with Crippen molar-refractivity contribution in [3.05, 3.63) is 41.8 Å². The Morgan fingerprint density at radius 2 is 2.08 bits per heavy atom. The monoisotopic (exact) mass is 352 g/mol. The van der Waals surface area contributed by atoms with Gasteiger partial charge in [-0.3, -0.25) is 4.79 Å². The highest BCUT2D eigenvalue weighted by Crippen LogP contribution is 2.36. The van der Waals surface area contributed by atoms with Gasteiger partial charge in [0.15, 0.2) is 11.5 Å². The van der Waals surface area contributed by atoms with Crippen LogP contribution in [-0.2, 0) is 5.41 Å². The molecule has 8 nitrogen and oxygen atoms in total. The lowest BCUT2D eigenvalue weighted by atomic mass is 9.93. The van der Waals surface area contributed by atoms with Gasteiger partial charge >= 0.3 is 0 Å². The maximum Gasteiger partial charge on any atom is 0.277 e. The summed E-state index contributed by atoms with van der Waals surface area (Å²) >= 11 is 0. The number of benzene rings is 1. The lowest BCUT2D eigenvalue weighted by Crippen LogP contribution is -2.13. The molecule has 0 unspecified atom stereocenters. The molecule has 1 aromatic carbocycles. The zero-order valence-electron chi connectivity index (χ0n) is 14.9. The van der Waals surface area contributed by atoms with E-state index in [0.29, 0.717) is 23.3 Å². The highest BCUT2D eigenvalue weighted by Gasteiger charge is 2.28. The van der Waals surface area contributed by atoms with Gasteiger partial charge in [0, 0.05) is 22.7 Å². The first-order chi connectivity index (χ1) is 12.4. The van der Waals surface area contributed by atoms with Crippen LogP contribution in [0, 0.1) is 0 Å². The second kappa shape index (κ2) is 6.05. The third-order valence-electron chi connectivity index (χ3n) is 4.25. The van der Waals surface area contributed by atoms with Gasteiger partial charge in [0.2, 0.25) is 0 Å². The number of amides is 1. The van der Waals surface area contributed by atoms with Gasteiger partial charge in [0.1, 0.15) is 5.76 Å². The molecule has 0 saturated heterocycles. The van der Waals surface area contributed by atoms with Gasteiger partial charge in [-0.25, -0.2) is 4.68 Å². The fourth-order valence-electron chi connectivity index (χ4n) is 2.62.